The summed E-state index contributed by atoms with van der Waals surface area (Å²) in [4.78, 5) is 2.19. The fourth-order valence-electron chi connectivity index (χ4n) is 2.42. The van der Waals surface area contributed by atoms with E-state index in [2.05, 4.69) is 47.4 Å². The van der Waals surface area contributed by atoms with Crippen LogP contribution in [0.4, 0.5) is 0 Å². The molecule has 0 unspecified atom stereocenters. The minimum absolute atomic E-state index is 0.697. The fourth-order valence-corrected chi connectivity index (χ4v) is 3.13. The highest BCUT2D eigenvalue weighted by Crippen LogP contribution is 2.22. The van der Waals surface area contributed by atoms with Crippen LogP contribution in [0.25, 0.3) is 10.8 Å². The third-order valence-corrected chi connectivity index (χ3v) is 4.60. The summed E-state index contributed by atoms with van der Waals surface area (Å²) in [5.74, 6) is 0.885. The van der Waals surface area contributed by atoms with Crippen LogP contribution in [-0.4, -0.2) is 28.8 Å². The SMILES string of the molecule is COc1ccc2cc(CN(C)Cn3ncsc3=S)ccc2c1. The van der Waals surface area contributed by atoms with E-state index in [9.17, 15) is 0 Å². The maximum atomic E-state index is 5.26. The van der Waals surface area contributed by atoms with Crippen molar-refractivity contribution < 1.29 is 4.74 Å². The second kappa shape index (κ2) is 6.56. The number of rotatable bonds is 5. The van der Waals surface area contributed by atoms with Crippen molar-refractivity contribution in [2.75, 3.05) is 14.2 Å². The quantitative estimate of drug-likeness (QED) is 0.663. The first-order chi connectivity index (χ1) is 10.7. The summed E-state index contributed by atoms with van der Waals surface area (Å²) in [5, 5.41) is 6.65. The lowest BCUT2D eigenvalue weighted by Gasteiger charge is -2.17. The van der Waals surface area contributed by atoms with Crippen LogP contribution < -0.4 is 4.74 Å². The first-order valence-electron chi connectivity index (χ1n) is 6.91. The van der Waals surface area contributed by atoms with Gasteiger partial charge in [0.15, 0.2) is 3.95 Å². The summed E-state index contributed by atoms with van der Waals surface area (Å²) in [6.45, 7) is 1.55. The predicted molar refractivity (Wildman–Crippen MR) is 92.9 cm³/mol. The Morgan fingerprint density at radius 1 is 1.23 bits per heavy atom. The van der Waals surface area contributed by atoms with E-state index >= 15 is 0 Å². The molecule has 0 aliphatic rings. The third kappa shape index (κ3) is 3.35. The van der Waals surface area contributed by atoms with Gasteiger partial charge in [-0.1, -0.05) is 29.5 Å². The highest BCUT2D eigenvalue weighted by molar-refractivity contribution is 7.73. The molecule has 0 atom stereocenters. The average molecular weight is 331 g/mol. The number of hydrogen-bond donors (Lipinski definition) is 0. The Labute approximate surface area is 138 Å². The largest absolute Gasteiger partial charge is 0.497 e. The van der Waals surface area contributed by atoms with Crippen LogP contribution in [0.15, 0.2) is 41.9 Å². The van der Waals surface area contributed by atoms with Crippen LogP contribution >= 0.6 is 23.6 Å². The number of fused-ring (bicyclic) bond motifs is 1. The molecule has 0 spiro atoms. The monoisotopic (exact) mass is 331 g/mol. The Bertz CT molecular complexity index is 841. The Morgan fingerprint density at radius 2 is 2.00 bits per heavy atom. The van der Waals surface area contributed by atoms with E-state index in [1.54, 1.807) is 12.6 Å². The van der Waals surface area contributed by atoms with Crippen LogP contribution in [0.1, 0.15) is 5.56 Å². The lowest BCUT2D eigenvalue weighted by molar-refractivity contribution is 0.245. The zero-order valence-electron chi connectivity index (χ0n) is 12.5. The van der Waals surface area contributed by atoms with Gasteiger partial charge in [-0.25, -0.2) is 4.68 Å². The molecule has 0 aliphatic carbocycles. The molecule has 6 heteroatoms. The second-order valence-corrected chi connectivity index (χ2v) is 6.69. The van der Waals surface area contributed by atoms with Gasteiger partial charge in [0.2, 0.25) is 0 Å². The molecule has 0 amide bonds. The molecular weight excluding hydrogens is 314 g/mol. The van der Waals surface area contributed by atoms with E-state index in [0.717, 1.165) is 16.2 Å². The second-order valence-electron chi connectivity index (χ2n) is 5.21. The molecule has 3 aromatic rings. The highest BCUT2D eigenvalue weighted by atomic mass is 32.1. The van der Waals surface area contributed by atoms with Crippen molar-refractivity contribution in [2.45, 2.75) is 13.2 Å². The molecule has 1 heterocycles. The summed E-state index contributed by atoms with van der Waals surface area (Å²) < 4.78 is 7.90. The van der Waals surface area contributed by atoms with E-state index in [1.807, 2.05) is 10.7 Å². The molecule has 0 radical (unpaired) electrons. The van der Waals surface area contributed by atoms with E-state index in [4.69, 9.17) is 17.0 Å². The maximum Gasteiger partial charge on any atom is 0.180 e. The first-order valence-corrected chi connectivity index (χ1v) is 8.20. The van der Waals surface area contributed by atoms with Gasteiger partial charge in [0.25, 0.3) is 0 Å². The normalized spacial score (nSPS) is 11.2. The van der Waals surface area contributed by atoms with Gasteiger partial charge >= 0.3 is 0 Å². The van der Waals surface area contributed by atoms with Crippen molar-refractivity contribution >= 4 is 34.3 Å². The van der Waals surface area contributed by atoms with Gasteiger partial charge in [0, 0.05) is 6.54 Å². The summed E-state index contributed by atoms with van der Waals surface area (Å²) in [7, 11) is 3.76. The Hall–Kier alpha value is -1.76. The molecule has 3 rings (SSSR count). The van der Waals surface area contributed by atoms with Crippen LogP contribution in [0.5, 0.6) is 5.75 Å². The predicted octanol–water partition coefficient (Wildman–Crippen LogP) is 3.93. The molecular formula is C16H17N3OS2. The molecule has 0 saturated heterocycles. The molecule has 0 saturated carbocycles. The molecule has 0 aliphatic heterocycles. The average Bonchev–Trinajstić information content (AvgIpc) is 2.91. The van der Waals surface area contributed by atoms with Gasteiger partial charge < -0.3 is 4.74 Å². The zero-order chi connectivity index (χ0) is 15.5. The minimum atomic E-state index is 0.697. The van der Waals surface area contributed by atoms with E-state index < -0.39 is 0 Å². The molecule has 0 fully saturated rings. The van der Waals surface area contributed by atoms with Crippen LogP contribution in [-0.2, 0) is 13.2 Å². The summed E-state index contributed by atoms with van der Waals surface area (Å²) >= 11 is 6.72. The van der Waals surface area contributed by atoms with Gasteiger partial charge in [-0.3, -0.25) is 4.90 Å². The molecule has 4 nitrogen and oxygen atoms in total. The number of nitrogens with zero attached hydrogens (tertiary/aromatic N) is 3. The highest BCUT2D eigenvalue weighted by Gasteiger charge is 2.04. The van der Waals surface area contributed by atoms with E-state index in [1.165, 1.54) is 27.7 Å². The van der Waals surface area contributed by atoms with Gasteiger partial charge in [0.1, 0.15) is 11.3 Å². The first kappa shape index (κ1) is 15.1. The Morgan fingerprint density at radius 3 is 2.73 bits per heavy atom. The van der Waals surface area contributed by atoms with Crippen molar-refractivity contribution in [3.63, 3.8) is 0 Å². The maximum absolute atomic E-state index is 5.26. The van der Waals surface area contributed by atoms with Crippen molar-refractivity contribution in [3.8, 4) is 5.75 Å². The number of methoxy groups -OCH3 is 1. The van der Waals surface area contributed by atoms with Crippen molar-refractivity contribution in [3.05, 3.63) is 51.4 Å². The molecule has 1 aromatic heterocycles. The Kier molecular flexibility index (Phi) is 4.52. The third-order valence-electron chi connectivity index (χ3n) is 3.49. The fraction of sp³-hybridized carbons (Fsp3) is 0.250. The molecule has 0 N–H and O–H groups in total. The van der Waals surface area contributed by atoms with Gasteiger partial charge in [-0.2, -0.15) is 5.10 Å². The number of benzene rings is 2. The van der Waals surface area contributed by atoms with Crippen LogP contribution in [0, 0.1) is 3.95 Å². The zero-order valence-corrected chi connectivity index (χ0v) is 14.2. The minimum Gasteiger partial charge on any atom is -0.497 e. The van der Waals surface area contributed by atoms with Crippen LogP contribution in [0.3, 0.4) is 0 Å². The number of aromatic nitrogens is 2. The molecule has 22 heavy (non-hydrogen) atoms. The van der Waals surface area contributed by atoms with Crippen molar-refractivity contribution in [1.82, 2.24) is 14.7 Å². The standard InChI is InChI=1S/C16H17N3OS2/c1-18(11-19-16(21)22-10-17-19)9-12-3-4-14-8-15(20-2)6-5-13(14)7-12/h3-8,10H,9,11H2,1-2H3. The number of ether oxygens (including phenoxy) is 1. The Balaban J connectivity index is 1.76. The van der Waals surface area contributed by atoms with Gasteiger partial charge in [0.05, 0.1) is 13.8 Å². The smallest absolute Gasteiger partial charge is 0.180 e. The molecule has 114 valence electrons. The lowest BCUT2D eigenvalue weighted by atomic mass is 10.1. The van der Waals surface area contributed by atoms with Crippen molar-refractivity contribution in [2.24, 2.45) is 0 Å². The molecule has 0 bridgehead atoms. The van der Waals surface area contributed by atoms with E-state index in [0.29, 0.717) is 6.67 Å². The summed E-state index contributed by atoms with van der Waals surface area (Å²) in [6.07, 6.45) is 0. The van der Waals surface area contributed by atoms with Gasteiger partial charge in [-0.15, -0.1) is 0 Å². The van der Waals surface area contributed by atoms with Crippen molar-refractivity contribution in [1.29, 1.82) is 0 Å². The van der Waals surface area contributed by atoms with E-state index in [-0.39, 0.29) is 0 Å². The summed E-state index contributed by atoms with van der Waals surface area (Å²) in [5.41, 5.74) is 3.04. The van der Waals surface area contributed by atoms with Crippen LogP contribution in [0.2, 0.25) is 0 Å². The summed E-state index contributed by atoms with van der Waals surface area (Å²) in [6, 6.07) is 12.6. The lowest BCUT2D eigenvalue weighted by Crippen LogP contribution is -2.22. The number of hydrogen-bond acceptors (Lipinski definition) is 5. The van der Waals surface area contributed by atoms with Gasteiger partial charge in [-0.05, 0) is 53.8 Å². The molecule has 2 aromatic carbocycles. The topological polar surface area (TPSA) is 30.3 Å².